The molecule has 1 aliphatic rings. The molecule has 8 nitrogen and oxygen atoms in total. The monoisotopic (exact) mass is 266 g/mol. The number of hydrogen-bond acceptors (Lipinski definition) is 5. The average Bonchev–Trinajstić information content (AvgIpc) is 2.95. The number of amides is 1. The third-order valence-corrected chi connectivity index (χ3v) is 2.71. The van der Waals surface area contributed by atoms with E-state index >= 15 is 0 Å². The van der Waals surface area contributed by atoms with Gasteiger partial charge in [0.05, 0.1) is 11.4 Å². The van der Waals surface area contributed by atoms with E-state index in [9.17, 15) is 9.59 Å². The van der Waals surface area contributed by atoms with Gasteiger partial charge in [0.15, 0.2) is 5.71 Å². The predicted molar refractivity (Wildman–Crippen MR) is 65.8 cm³/mol. The number of aliphatic carboxylic acids is 1. The van der Waals surface area contributed by atoms with E-state index in [-0.39, 0.29) is 12.1 Å². The molecule has 1 aromatic heterocycles. The van der Waals surface area contributed by atoms with Crippen molar-refractivity contribution in [3.8, 4) is 0 Å². The second-order valence-electron chi connectivity index (χ2n) is 4.15. The number of carboxylic acids is 1. The summed E-state index contributed by atoms with van der Waals surface area (Å²) in [4.78, 5) is 27.4. The molecule has 0 radical (unpaired) electrons. The lowest BCUT2D eigenvalue weighted by Gasteiger charge is -2.08. The molecule has 2 N–H and O–H groups in total. The summed E-state index contributed by atoms with van der Waals surface area (Å²) in [5.74, 6) is -1.60. The molecule has 1 amide bonds. The Morgan fingerprint density at radius 3 is 2.95 bits per heavy atom. The summed E-state index contributed by atoms with van der Waals surface area (Å²) < 4.78 is 1.60. The Kier molecular flexibility index (Phi) is 3.50. The van der Waals surface area contributed by atoms with Crippen molar-refractivity contribution in [1.29, 1.82) is 0 Å². The summed E-state index contributed by atoms with van der Waals surface area (Å²) in [6.45, 7) is 1.93. The van der Waals surface area contributed by atoms with Gasteiger partial charge in [0.25, 0.3) is 5.91 Å². The molecular weight excluding hydrogens is 252 g/mol. The minimum atomic E-state index is -1.18. The summed E-state index contributed by atoms with van der Waals surface area (Å²) in [6.07, 6.45) is 1.42. The molecule has 0 aromatic carbocycles. The number of anilines is 1. The van der Waals surface area contributed by atoms with E-state index in [2.05, 4.69) is 15.6 Å². The normalized spacial score (nSPS) is 17.8. The lowest BCUT2D eigenvalue weighted by Crippen LogP contribution is -2.29. The molecule has 1 atom stereocenters. The predicted octanol–water partition coefficient (Wildman–Crippen LogP) is 0.150. The molecule has 1 unspecified atom stereocenters. The fourth-order valence-corrected chi connectivity index (χ4v) is 1.76. The van der Waals surface area contributed by atoms with Gasteiger partial charge >= 0.3 is 5.97 Å². The van der Waals surface area contributed by atoms with Crippen molar-refractivity contribution in [2.24, 2.45) is 12.2 Å². The molecule has 8 heteroatoms. The minimum Gasteiger partial charge on any atom is -0.477 e. The summed E-state index contributed by atoms with van der Waals surface area (Å²) in [7, 11) is 1.76. The zero-order chi connectivity index (χ0) is 14.0. The maximum Gasteiger partial charge on any atom is 0.353 e. The smallest absolute Gasteiger partial charge is 0.353 e. The van der Waals surface area contributed by atoms with Gasteiger partial charge in [-0.3, -0.25) is 9.48 Å². The number of aromatic nitrogens is 2. The van der Waals surface area contributed by atoms with Crippen LogP contribution < -0.4 is 5.32 Å². The topological polar surface area (TPSA) is 106 Å². The maximum absolute atomic E-state index is 11.9. The van der Waals surface area contributed by atoms with Crippen LogP contribution in [0.25, 0.3) is 0 Å². The number of nitrogens with one attached hydrogen (secondary N) is 1. The Bertz CT molecular complexity index is 549. The Balaban J connectivity index is 2.01. The minimum absolute atomic E-state index is 0.0388. The first-order valence-electron chi connectivity index (χ1n) is 5.80. The van der Waals surface area contributed by atoms with Gasteiger partial charge in [-0.25, -0.2) is 4.79 Å². The second-order valence-corrected chi connectivity index (χ2v) is 4.15. The van der Waals surface area contributed by atoms with E-state index in [0.717, 1.165) is 5.69 Å². The van der Waals surface area contributed by atoms with Crippen LogP contribution >= 0.6 is 0 Å². The molecule has 2 heterocycles. The van der Waals surface area contributed by atoms with Crippen molar-refractivity contribution in [3.05, 3.63) is 11.9 Å². The molecule has 0 aliphatic carbocycles. The summed E-state index contributed by atoms with van der Waals surface area (Å²) in [5, 5.41) is 19.0. The third-order valence-electron chi connectivity index (χ3n) is 2.71. The molecule has 1 aliphatic heterocycles. The highest BCUT2D eigenvalue weighted by molar-refractivity contribution is 6.36. The van der Waals surface area contributed by atoms with Gasteiger partial charge in [0.1, 0.15) is 0 Å². The van der Waals surface area contributed by atoms with Crippen LogP contribution in [0.4, 0.5) is 5.69 Å². The first-order chi connectivity index (χ1) is 9.01. The molecular formula is C11H14N4O4. The summed E-state index contributed by atoms with van der Waals surface area (Å²) in [6, 6.07) is 0. The second kappa shape index (κ2) is 5.09. The highest BCUT2D eigenvalue weighted by atomic mass is 16.6. The van der Waals surface area contributed by atoms with Crippen LogP contribution in [0, 0.1) is 0 Å². The summed E-state index contributed by atoms with van der Waals surface area (Å²) >= 11 is 0. The van der Waals surface area contributed by atoms with Crippen molar-refractivity contribution in [2.45, 2.75) is 25.9 Å². The van der Waals surface area contributed by atoms with E-state index in [1.54, 1.807) is 17.9 Å². The van der Waals surface area contributed by atoms with Crippen LogP contribution in [0.2, 0.25) is 0 Å². The maximum atomic E-state index is 11.9. The zero-order valence-corrected chi connectivity index (χ0v) is 10.6. The Hall–Kier alpha value is -2.38. The van der Waals surface area contributed by atoms with Crippen LogP contribution in [-0.4, -0.2) is 38.6 Å². The Morgan fingerprint density at radius 1 is 1.63 bits per heavy atom. The third kappa shape index (κ3) is 2.72. The lowest BCUT2D eigenvalue weighted by atomic mass is 10.1. The Morgan fingerprint density at radius 2 is 2.37 bits per heavy atom. The molecule has 1 aromatic rings. The van der Waals surface area contributed by atoms with Crippen LogP contribution in [-0.2, 0) is 27.9 Å². The van der Waals surface area contributed by atoms with Crippen LogP contribution in [0.15, 0.2) is 11.4 Å². The van der Waals surface area contributed by atoms with Gasteiger partial charge in [0.2, 0.25) is 6.10 Å². The largest absolute Gasteiger partial charge is 0.477 e. The SMILES string of the molecule is CCc1nn(C)cc1NC(=O)C1CC(C(=O)O)=NO1. The molecule has 102 valence electrons. The van der Waals surface area contributed by atoms with Crippen molar-refractivity contribution >= 4 is 23.3 Å². The number of hydrogen-bond donors (Lipinski definition) is 2. The van der Waals surface area contributed by atoms with E-state index in [0.29, 0.717) is 12.1 Å². The lowest BCUT2D eigenvalue weighted by molar-refractivity contribution is -0.129. The van der Waals surface area contributed by atoms with Crippen molar-refractivity contribution in [3.63, 3.8) is 0 Å². The number of aryl methyl sites for hydroxylation is 2. The van der Waals surface area contributed by atoms with Crippen molar-refractivity contribution in [2.75, 3.05) is 5.32 Å². The summed E-state index contributed by atoms with van der Waals surface area (Å²) in [5.41, 5.74) is 1.21. The van der Waals surface area contributed by atoms with Gasteiger partial charge in [-0.15, -0.1) is 0 Å². The van der Waals surface area contributed by atoms with Gasteiger partial charge in [-0.1, -0.05) is 12.1 Å². The molecule has 0 spiro atoms. The van der Waals surface area contributed by atoms with Crippen LogP contribution in [0.5, 0.6) is 0 Å². The molecule has 0 fully saturated rings. The van der Waals surface area contributed by atoms with Crippen LogP contribution in [0.3, 0.4) is 0 Å². The Labute approximate surface area is 109 Å². The standard InChI is InChI=1S/C11H14N4O4/c1-3-6-8(5-15(2)13-6)12-10(16)9-4-7(11(17)18)14-19-9/h5,9H,3-4H2,1-2H3,(H,12,16)(H,17,18). The fourth-order valence-electron chi connectivity index (χ4n) is 1.76. The molecule has 0 saturated carbocycles. The first kappa shape index (κ1) is 13.1. The van der Waals surface area contributed by atoms with E-state index in [1.165, 1.54) is 0 Å². The number of carbonyl (C=O) groups excluding carboxylic acids is 1. The molecule has 0 bridgehead atoms. The van der Waals surface area contributed by atoms with Gasteiger partial charge in [0, 0.05) is 19.7 Å². The fraction of sp³-hybridized carbons (Fsp3) is 0.455. The number of carbonyl (C=O) groups is 2. The van der Waals surface area contributed by atoms with Gasteiger partial charge < -0.3 is 15.3 Å². The van der Waals surface area contributed by atoms with Crippen molar-refractivity contribution in [1.82, 2.24) is 9.78 Å². The quantitative estimate of drug-likeness (QED) is 0.807. The average molecular weight is 266 g/mol. The number of oxime groups is 1. The van der Waals surface area contributed by atoms with Crippen molar-refractivity contribution < 1.29 is 19.5 Å². The van der Waals surface area contributed by atoms with Crippen LogP contribution in [0.1, 0.15) is 19.0 Å². The number of rotatable bonds is 4. The van der Waals surface area contributed by atoms with E-state index in [4.69, 9.17) is 9.94 Å². The van der Waals surface area contributed by atoms with E-state index < -0.39 is 18.0 Å². The first-order valence-corrected chi connectivity index (χ1v) is 5.80. The number of carboxylic acid groups (broad SMARTS) is 1. The highest BCUT2D eigenvalue weighted by Gasteiger charge is 2.32. The zero-order valence-electron chi connectivity index (χ0n) is 10.6. The van der Waals surface area contributed by atoms with E-state index in [1.807, 2.05) is 6.92 Å². The van der Waals surface area contributed by atoms with Gasteiger partial charge in [-0.2, -0.15) is 5.10 Å². The highest BCUT2D eigenvalue weighted by Crippen LogP contribution is 2.17. The molecule has 19 heavy (non-hydrogen) atoms. The molecule has 2 rings (SSSR count). The van der Waals surface area contributed by atoms with Gasteiger partial charge in [-0.05, 0) is 6.42 Å². The number of nitrogens with zero attached hydrogens (tertiary/aromatic N) is 3. The molecule has 0 saturated heterocycles.